The van der Waals surface area contributed by atoms with Crippen LogP contribution in [0.25, 0.3) is 0 Å². The number of piperidine rings is 1. The lowest BCUT2D eigenvalue weighted by Crippen LogP contribution is -2.44. The zero-order chi connectivity index (χ0) is 15.6. The van der Waals surface area contributed by atoms with E-state index in [0.29, 0.717) is 18.0 Å². The smallest absolute Gasteiger partial charge is 0.251 e. The van der Waals surface area contributed by atoms with Crippen molar-refractivity contribution >= 4 is 5.91 Å². The molecule has 1 aliphatic carbocycles. The predicted octanol–water partition coefficient (Wildman–Crippen LogP) is 2.76. The molecule has 1 saturated heterocycles. The minimum Gasteiger partial charge on any atom is -0.349 e. The normalized spacial score (nSPS) is 25.5. The van der Waals surface area contributed by atoms with Gasteiger partial charge in [-0.3, -0.25) is 4.79 Å². The van der Waals surface area contributed by atoms with E-state index < -0.39 is 0 Å². The number of fused-ring (bicyclic) bond motifs is 2. The van der Waals surface area contributed by atoms with Gasteiger partial charge in [0, 0.05) is 24.2 Å². The Balaban J connectivity index is 1.38. The number of nitrogens with one attached hydrogen (secondary N) is 2. The molecule has 2 aromatic carbocycles. The van der Waals surface area contributed by atoms with Gasteiger partial charge in [0.1, 0.15) is 0 Å². The molecular formula is C20H22N2O. The van der Waals surface area contributed by atoms with Crippen LogP contribution in [0.2, 0.25) is 0 Å². The van der Waals surface area contributed by atoms with E-state index in [-0.39, 0.29) is 5.91 Å². The minimum atomic E-state index is 0.0637. The molecule has 23 heavy (non-hydrogen) atoms. The van der Waals surface area contributed by atoms with Gasteiger partial charge in [0.15, 0.2) is 0 Å². The van der Waals surface area contributed by atoms with Crippen molar-refractivity contribution in [2.75, 3.05) is 6.54 Å². The highest BCUT2D eigenvalue weighted by molar-refractivity contribution is 5.94. The first-order valence-corrected chi connectivity index (χ1v) is 8.45. The lowest BCUT2D eigenvalue weighted by molar-refractivity contribution is 0.0925. The Kier molecular flexibility index (Phi) is 3.88. The standard InChI is InChI=1S/C20H22N2O/c23-20(22-19-12-18-11-17(19)13-21-18)16-8-6-15(7-9-16)10-14-4-2-1-3-5-14/h1-9,17-19,21H,10-13H2,(H,22,23). The summed E-state index contributed by atoms with van der Waals surface area (Å²) in [6, 6.07) is 19.4. The summed E-state index contributed by atoms with van der Waals surface area (Å²) in [6.07, 6.45) is 3.18. The maximum atomic E-state index is 12.4. The molecule has 2 bridgehead atoms. The molecule has 0 spiro atoms. The summed E-state index contributed by atoms with van der Waals surface area (Å²) in [5.74, 6) is 0.676. The molecule has 118 valence electrons. The first-order chi connectivity index (χ1) is 11.3. The molecule has 1 saturated carbocycles. The van der Waals surface area contributed by atoms with Crippen LogP contribution in [-0.2, 0) is 6.42 Å². The van der Waals surface area contributed by atoms with Crippen LogP contribution in [0.3, 0.4) is 0 Å². The molecule has 2 aromatic rings. The number of carbonyl (C=O) groups excluding carboxylic acids is 1. The van der Waals surface area contributed by atoms with Gasteiger partial charge in [-0.1, -0.05) is 42.5 Å². The van der Waals surface area contributed by atoms with Crippen LogP contribution >= 0.6 is 0 Å². The maximum absolute atomic E-state index is 12.4. The minimum absolute atomic E-state index is 0.0637. The molecule has 3 nitrogen and oxygen atoms in total. The summed E-state index contributed by atoms with van der Waals surface area (Å²) >= 11 is 0. The van der Waals surface area contributed by atoms with Crippen molar-refractivity contribution in [2.45, 2.75) is 31.3 Å². The van der Waals surface area contributed by atoms with Crippen molar-refractivity contribution < 1.29 is 4.79 Å². The van der Waals surface area contributed by atoms with Gasteiger partial charge >= 0.3 is 0 Å². The van der Waals surface area contributed by atoms with E-state index in [9.17, 15) is 4.79 Å². The molecule has 1 heterocycles. The van der Waals surface area contributed by atoms with Gasteiger partial charge in [-0.05, 0) is 48.4 Å². The fourth-order valence-corrected chi connectivity index (χ4v) is 3.87. The molecule has 0 aromatic heterocycles. The van der Waals surface area contributed by atoms with E-state index in [2.05, 4.69) is 47.0 Å². The first kappa shape index (κ1) is 14.5. The third kappa shape index (κ3) is 3.15. The lowest BCUT2D eigenvalue weighted by atomic mass is 10.0. The molecule has 1 aliphatic heterocycles. The maximum Gasteiger partial charge on any atom is 0.251 e. The summed E-state index contributed by atoms with van der Waals surface area (Å²) < 4.78 is 0. The molecule has 1 amide bonds. The summed E-state index contributed by atoms with van der Waals surface area (Å²) in [7, 11) is 0. The van der Waals surface area contributed by atoms with E-state index in [1.807, 2.05) is 18.2 Å². The fraction of sp³-hybridized carbons (Fsp3) is 0.350. The molecule has 2 aliphatic rings. The van der Waals surface area contributed by atoms with Gasteiger partial charge in [0.25, 0.3) is 5.91 Å². The van der Waals surface area contributed by atoms with E-state index in [0.717, 1.165) is 24.9 Å². The number of hydrogen-bond acceptors (Lipinski definition) is 2. The number of hydrogen-bond donors (Lipinski definition) is 2. The quantitative estimate of drug-likeness (QED) is 0.912. The Morgan fingerprint density at radius 1 is 1.00 bits per heavy atom. The second-order valence-corrected chi connectivity index (χ2v) is 6.78. The second-order valence-electron chi connectivity index (χ2n) is 6.78. The van der Waals surface area contributed by atoms with Gasteiger partial charge in [0.2, 0.25) is 0 Å². The van der Waals surface area contributed by atoms with Crippen LogP contribution in [-0.4, -0.2) is 24.5 Å². The Hall–Kier alpha value is -2.13. The Morgan fingerprint density at radius 2 is 1.74 bits per heavy atom. The third-order valence-corrected chi connectivity index (χ3v) is 5.15. The molecule has 2 fully saturated rings. The van der Waals surface area contributed by atoms with E-state index >= 15 is 0 Å². The monoisotopic (exact) mass is 306 g/mol. The third-order valence-electron chi connectivity index (χ3n) is 5.15. The SMILES string of the molecule is O=C(NC1CC2CC1CN2)c1ccc(Cc2ccccc2)cc1. The highest BCUT2D eigenvalue weighted by Gasteiger charge is 2.39. The van der Waals surface area contributed by atoms with Gasteiger partial charge in [-0.25, -0.2) is 0 Å². The van der Waals surface area contributed by atoms with Crippen molar-refractivity contribution in [1.82, 2.24) is 10.6 Å². The number of carbonyl (C=O) groups is 1. The highest BCUT2D eigenvalue weighted by Crippen LogP contribution is 2.31. The van der Waals surface area contributed by atoms with E-state index in [1.54, 1.807) is 0 Å². The summed E-state index contributed by atoms with van der Waals surface area (Å²) in [5.41, 5.74) is 3.29. The van der Waals surface area contributed by atoms with Crippen molar-refractivity contribution in [1.29, 1.82) is 0 Å². The zero-order valence-corrected chi connectivity index (χ0v) is 13.2. The molecule has 3 unspecified atom stereocenters. The van der Waals surface area contributed by atoms with Crippen LogP contribution in [0.5, 0.6) is 0 Å². The predicted molar refractivity (Wildman–Crippen MR) is 91.5 cm³/mol. The van der Waals surface area contributed by atoms with Crippen LogP contribution < -0.4 is 10.6 Å². The molecule has 3 atom stereocenters. The topological polar surface area (TPSA) is 41.1 Å². The molecular weight excluding hydrogens is 284 g/mol. The number of amides is 1. The zero-order valence-electron chi connectivity index (χ0n) is 13.2. The molecule has 3 heteroatoms. The Bertz CT molecular complexity index is 681. The van der Waals surface area contributed by atoms with Gasteiger partial charge in [-0.15, -0.1) is 0 Å². The average Bonchev–Trinajstić information content (AvgIpc) is 3.19. The number of rotatable bonds is 4. The van der Waals surface area contributed by atoms with Crippen LogP contribution in [0.1, 0.15) is 34.3 Å². The average molecular weight is 306 g/mol. The lowest BCUT2D eigenvalue weighted by Gasteiger charge is -2.23. The van der Waals surface area contributed by atoms with Crippen LogP contribution in [0, 0.1) is 5.92 Å². The van der Waals surface area contributed by atoms with Crippen molar-refractivity contribution in [2.24, 2.45) is 5.92 Å². The van der Waals surface area contributed by atoms with E-state index in [4.69, 9.17) is 0 Å². The van der Waals surface area contributed by atoms with Crippen molar-refractivity contribution in [3.8, 4) is 0 Å². The van der Waals surface area contributed by atoms with Crippen LogP contribution in [0.4, 0.5) is 0 Å². The van der Waals surface area contributed by atoms with Crippen molar-refractivity contribution in [3.05, 3.63) is 71.3 Å². The highest BCUT2D eigenvalue weighted by atomic mass is 16.1. The molecule has 4 rings (SSSR count). The largest absolute Gasteiger partial charge is 0.349 e. The molecule has 0 radical (unpaired) electrons. The molecule has 2 N–H and O–H groups in total. The fourth-order valence-electron chi connectivity index (χ4n) is 3.87. The van der Waals surface area contributed by atoms with Gasteiger partial charge in [-0.2, -0.15) is 0 Å². The Labute approximate surface area is 137 Å². The van der Waals surface area contributed by atoms with Gasteiger partial charge in [0.05, 0.1) is 0 Å². The summed E-state index contributed by atoms with van der Waals surface area (Å²) in [4.78, 5) is 12.4. The van der Waals surface area contributed by atoms with Crippen LogP contribution in [0.15, 0.2) is 54.6 Å². The van der Waals surface area contributed by atoms with Gasteiger partial charge < -0.3 is 10.6 Å². The first-order valence-electron chi connectivity index (χ1n) is 8.45. The summed E-state index contributed by atoms with van der Waals surface area (Å²) in [5, 5.41) is 6.70. The second kappa shape index (κ2) is 6.17. The Morgan fingerprint density at radius 3 is 2.39 bits per heavy atom. The van der Waals surface area contributed by atoms with Crippen molar-refractivity contribution in [3.63, 3.8) is 0 Å². The number of benzene rings is 2. The van der Waals surface area contributed by atoms with E-state index in [1.165, 1.54) is 17.5 Å². The summed E-state index contributed by atoms with van der Waals surface area (Å²) in [6.45, 7) is 1.05.